The number of phenols is 1. The molecule has 6 rings (SSSR count). The molecule has 3 atom stereocenters. The highest BCUT2D eigenvalue weighted by atomic mass is 16.3. The molecule has 0 amide bonds. The Morgan fingerprint density at radius 1 is 1.09 bits per heavy atom. The van der Waals surface area contributed by atoms with Crippen LogP contribution in [-0.2, 0) is 6.42 Å². The number of imidazole rings is 1. The summed E-state index contributed by atoms with van der Waals surface area (Å²) in [5.41, 5.74) is 3.71. The second kappa shape index (κ2) is 8.72. The van der Waals surface area contributed by atoms with Gasteiger partial charge < -0.3 is 20.1 Å². The fourth-order valence-corrected chi connectivity index (χ4v) is 5.63. The lowest BCUT2D eigenvalue weighted by Gasteiger charge is -2.48. The van der Waals surface area contributed by atoms with Crippen LogP contribution in [0.4, 0.5) is 0 Å². The summed E-state index contributed by atoms with van der Waals surface area (Å²) >= 11 is 0. The summed E-state index contributed by atoms with van der Waals surface area (Å²) in [5.74, 6) is 1.90. The quantitative estimate of drug-likeness (QED) is 0.480. The Bertz CT molecular complexity index is 1110. The fraction of sp³-hybridized carbons (Fsp3) is 0.444. The first kappa shape index (κ1) is 21.2. The fourth-order valence-electron chi connectivity index (χ4n) is 5.63. The average molecular weight is 432 g/mol. The molecule has 5 nitrogen and oxygen atoms in total. The highest BCUT2D eigenvalue weighted by Crippen LogP contribution is 2.51. The molecule has 0 radical (unpaired) electrons. The van der Waals surface area contributed by atoms with E-state index in [0.29, 0.717) is 11.4 Å². The van der Waals surface area contributed by atoms with Gasteiger partial charge >= 0.3 is 0 Å². The molecule has 2 bridgehead atoms. The second-order valence-electron chi connectivity index (χ2n) is 9.69. The molecule has 1 aromatic heterocycles. The highest BCUT2D eigenvalue weighted by Gasteiger charge is 2.46. The van der Waals surface area contributed by atoms with Gasteiger partial charge in [-0.05, 0) is 74.9 Å². The van der Waals surface area contributed by atoms with Crippen LogP contribution in [0.3, 0.4) is 0 Å². The number of para-hydroxylation sites is 1. The van der Waals surface area contributed by atoms with Gasteiger partial charge in [-0.15, -0.1) is 0 Å². The van der Waals surface area contributed by atoms with Crippen LogP contribution in [0.25, 0.3) is 16.6 Å². The molecular weight excluding hydrogens is 398 g/mol. The van der Waals surface area contributed by atoms with E-state index < -0.39 is 5.60 Å². The SMILES string of the molecule is CN(CCCc1nc2cccc(O)c2[nH]1)CC[C@@]1(O)C[C@@H]2CC[C@H]1C=C2c1ccccc1. The van der Waals surface area contributed by atoms with Crippen LogP contribution in [0.1, 0.15) is 43.5 Å². The zero-order chi connectivity index (χ0) is 22.1. The van der Waals surface area contributed by atoms with Gasteiger partial charge in [-0.3, -0.25) is 0 Å². The highest BCUT2D eigenvalue weighted by molar-refractivity contribution is 5.81. The Hall–Kier alpha value is -2.63. The molecule has 3 aliphatic rings. The first-order valence-electron chi connectivity index (χ1n) is 11.9. The van der Waals surface area contributed by atoms with Gasteiger partial charge in [-0.1, -0.05) is 42.5 Å². The molecule has 1 saturated carbocycles. The van der Waals surface area contributed by atoms with E-state index in [-0.39, 0.29) is 11.7 Å². The van der Waals surface area contributed by atoms with Crippen molar-refractivity contribution in [1.29, 1.82) is 0 Å². The first-order valence-corrected chi connectivity index (χ1v) is 11.9. The zero-order valence-electron chi connectivity index (χ0n) is 18.8. The smallest absolute Gasteiger partial charge is 0.141 e. The van der Waals surface area contributed by atoms with E-state index in [9.17, 15) is 10.2 Å². The van der Waals surface area contributed by atoms with E-state index >= 15 is 0 Å². The third kappa shape index (κ3) is 4.19. The number of benzene rings is 2. The summed E-state index contributed by atoms with van der Waals surface area (Å²) in [7, 11) is 2.14. The minimum atomic E-state index is -0.578. The van der Waals surface area contributed by atoms with E-state index in [2.05, 4.69) is 58.3 Å². The van der Waals surface area contributed by atoms with Crippen molar-refractivity contribution in [3.8, 4) is 5.75 Å². The lowest BCUT2D eigenvalue weighted by atomic mass is 9.61. The molecule has 2 aromatic carbocycles. The topological polar surface area (TPSA) is 72.4 Å². The van der Waals surface area contributed by atoms with E-state index in [1.165, 1.54) is 17.6 Å². The van der Waals surface area contributed by atoms with Crippen molar-refractivity contribution < 1.29 is 10.2 Å². The number of aromatic nitrogens is 2. The number of rotatable bonds is 8. The van der Waals surface area contributed by atoms with Crippen LogP contribution in [0.2, 0.25) is 0 Å². The standard InChI is InChI=1S/C27H33N3O2/c1-30(15-6-11-25-28-23-9-5-10-24(31)26(23)29-25)16-14-27(32)18-20-12-13-21(27)17-22(20)19-7-3-2-4-8-19/h2-5,7-10,17,20-21,31-32H,6,11-16,18H2,1H3,(H,28,29)/t20-,21-,27+/m0/s1. The molecule has 0 saturated heterocycles. The molecule has 3 aliphatic carbocycles. The molecule has 0 spiro atoms. The maximum atomic E-state index is 11.5. The van der Waals surface area contributed by atoms with E-state index in [0.717, 1.165) is 56.5 Å². The number of allylic oxidation sites excluding steroid dienone is 1. The third-order valence-electron chi connectivity index (χ3n) is 7.47. The summed E-state index contributed by atoms with van der Waals surface area (Å²) in [6, 6.07) is 16.1. The van der Waals surface area contributed by atoms with Crippen molar-refractivity contribution in [3.05, 3.63) is 66.0 Å². The number of aromatic hydroxyl groups is 1. The summed E-state index contributed by atoms with van der Waals surface area (Å²) < 4.78 is 0. The number of aryl methyl sites for hydroxylation is 1. The lowest BCUT2D eigenvalue weighted by Crippen LogP contribution is -2.48. The van der Waals surface area contributed by atoms with Crippen molar-refractivity contribution in [3.63, 3.8) is 0 Å². The van der Waals surface area contributed by atoms with Gasteiger partial charge in [-0.25, -0.2) is 4.98 Å². The van der Waals surface area contributed by atoms with Gasteiger partial charge in [0.2, 0.25) is 0 Å². The van der Waals surface area contributed by atoms with Crippen molar-refractivity contribution in [2.45, 2.75) is 44.1 Å². The average Bonchev–Trinajstić information content (AvgIpc) is 3.23. The van der Waals surface area contributed by atoms with E-state index in [4.69, 9.17) is 0 Å². The van der Waals surface area contributed by atoms with Crippen molar-refractivity contribution >= 4 is 16.6 Å². The first-order chi connectivity index (χ1) is 15.5. The number of H-pyrrole nitrogens is 1. The molecule has 1 fully saturated rings. The number of phenolic OH excluding ortho intramolecular Hbond substituents is 1. The van der Waals surface area contributed by atoms with Crippen molar-refractivity contribution in [2.24, 2.45) is 11.8 Å². The zero-order valence-corrected chi connectivity index (χ0v) is 18.8. The maximum absolute atomic E-state index is 11.5. The monoisotopic (exact) mass is 431 g/mol. The van der Waals surface area contributed by atoms with E-state index in [1.807, 2.05) is 12.1 Å². The summed E-state index contributed by atoms with van der Waals surface area (Å²) in [5, 5.41) is 21.4. The van der Waals surface area contributed by atoms with Crippen LogP contribution < -0.4 is 0 Å². The van der Waals surface area contributed by atoms with Crippen LogP contribution >= 0.6 is 0 Å². The van der Waals surface area contributed by atoms with Crippen molar-refractivity contribution in [2.75, 3.05) is 20.1 Å². The van der Waals surface area contributed by atoms with Crippen LogP contribution in [0.15, 0.2) is 54.6 Å². The molecule has 32 heavy (non-hydrogen) atoms. The minimum Gasteiger partial charge on any atom is -0.506 e. The van der Waals surface area contributed by atoms with E-state index in [1.54, 1.807) is 6.07 Å². The normalized spacial score (nSPS) is 24.9. The molecule has 5 heteroatoms. The number of nitrogens with one attached hydrogen (secondary N) is 1. The number of hydrogen-bond acceptors (Lipinski definition) is 4. The van der Waals surface area contributed by atoms with Gasteiger partial charge in [0.15, 0.2) is 0 Å². The molecular formula is C27H33N3O2. The van der Waals surface area contributed by atoms with Gasteiger partial charge in [0.05, 0.1) is 11.1 Å². The minimum absolute atomic E-state index is 0.248. The largest absolute Gasteiger partial charge is 0.506 e. The van der Waals surface area contributed by atoms with Crippen LogP contribution in [0, 0.1) is 11.8 Å². The third-order valence-corrected chi connectivity index (χ3v) is 7.47. The Morgan fingerprint density at radius 2 is 1.94 bits per heavy atom. The van der Waals surface area contributed by atoms with Gasteiger partial charge in [0.1, 0.15) is 17.1 Å². The molecule has 3 aromatic rings. The lowest BCUT2D eigenvalue weighted by molar-refractivity contribution is -0.0574. The second-order valence-corrected chi connectivity index (χ2v) is 9.69. The van der Waals surface area contributed by atoms with Crippen molar-refractivity contribution in [1.82, 2.24) is 14.9 Å². The number of nitrogens with zero attached hydrogens (tertiary/aromatic N) is 2. The maximum Gasteiger partial charge on any atom is 0.141 e. The Balaban J connectivity index is 1.13. The molecule has 3 N–H and O–H groups in total. The Kier molecular flexibility index (Phi) is 5.78. The summed E-state index contributed by atoms with van der Waals surface area (Å²) in [6.07, 6.45) is 8.19. The van der Waals surface area contributed by atoms with Gasteiger partial charge in [0, 0.05) is 18.9 Å². The molecule has 1 heterocycles. The number of hydrogen-bond donors (Lipinski definition) is 3. The molecule has 168 valence electrons. The number of aliphatic hydroxyl groups is 1. The molecule has 0 aliphatic heterocycles. The van der Waals surface area contributed by atoms with Crippen LogP contribution in [0.5, 0.6) is 5.75 Å². The predicted octanol–water partition coefficient (Wildman–Crippen LogP) is 4.77. The van der Waals surface area contributed by atoms with Gasteiger partial charge in [0.25, 0.3) is 0 Å². The summed E-state index contributed by atoms with van der Waals surface area (Å²) in [6.45, 7) is 1.85. The number of fused-ring (bicyclic) bond motifs is 3. The Labute approximate surface area is 189 Å². The predicted molar refractivity (Wildman–Crippen MR) is 128 cm³/mol. The Morgan fingerprint density at radius 3 is 2.69 bits per heavy atom. The summed E-state index contributed by atoms with van der Waals surface area (Å²) in [4.78, 5) is 10.1. The number of aromatic amines is 1. The van der Waals surface area contributed by atoms with Gasteiger partial charge in [-0.2, -0.15) is 0 Å². The van der Waals surface area contributed by atoms with Crippen LogP contribution in [-0.4, -0.2) is 50.8 Å². The molecule has 0 unspecified atom stereocenters.